The van der Waals surface area contributed by atoms with Crippen LogP contribution < -0.4 is 9.47 Å². The van der Waals surface area contributed by atoms with Gasteiger partial charge in [0.05, 0.1) is 20.2 Å². The Kier molecular flexibility index (Phi) is 11.9. The van der Waals surface area contributed by atoms with E-state index in [1.54, 1.807) is 36.3 Å². The van der Waals surface area contributed by atoms with Gasteiger partial charge < -0.3 is 23.8 Å². The van der Waals surface area contributed by atoms with Gasteiger partial charge in [0.1, 0.15) is 11.5 Å². The lowest BCUT2D eigenvalue weighted by molar-refractivity contribution is -0.143. The lowest BCUT2D eigenvalue weighted by Crippen LogP contribution is -2.47. The maximum Gasteiger partial charge on any atom is 0.260 e. The number of rotatable bonds is 15. The number of aromatic nitrogens is 1. The first-order valence-electron chi connectivity index (χ1n) is 13.9. The Balaban J connectivity index is 1.72. The van der Waals surface area contributed by atoms with Crippen LogP contribution in [0.25, 0.3) is 0 Å². The van der Waals surface area contributed by atoms with Crippen LogP contribution in [0.3, 0.4) is 0 Å². The standard InChI is InChI=1S/C32H42ClN3O4/c1-6-25(4)36(21-28-10-8-17-34(28)20-26-9-7-11-30(19-26)39-5)31(37)22-35(18-16-24(2)3)32(38)23-40-29-14-12-27(33)13-15-29/h7-15,17,19,24-25H,6,16,18,20-23H2,1-5H3. The Labute approximate surface area is 243 Å². The minimum Gasteiger partial charge on any atom is -0.497 e. The van der Waals surface area contributed by atoms with Crippen molar-refractivity contribution in [1.29, 1.82) is 0 Å². The number of carbonyl (C=O) groups excluding carboxylic acids is 2. The molecule has 1 atom stereocenters. The van der Waals surface area contributed by atoms with Crippen molar-refractivity contribution in [3.05, 3.63) is 83.1 Å². The zero-order valence-corrected chi connectivity index (χ0v) is 25.1. The van der Waals surface area contributed by atoms with E-state index in [2.05, 4.69) is 38.3 Å². The first-order chi connectivity index (χ1) is 19.2. The Morgan fingerprint density at radius 1 is 0.975 bits per heavy atom. The minimum atomic E-state index is -0.213. The van der Waals surface area contributed by atoms with Gasteiger partial charge in [-0.2, -0.15) is 0 Å². The number of halogens is 1. The first-order valence-corrected chi connectivity index (χ1v) is 14.3. The highest BCUT2D eigenvalue weighted by molar-refractivity contribution is 6.30. The first kappa shape index (κ1) is 31.1. The van der Waals surface area contributed by atoms with Gasteiger partial charge in [0.15, 0.2) is 6.61 Å². The Morgan fingerprint density at radius 2 is 1.73 bits per heavy atom. The summed E-state index contributed by atoms with van der Waals surface area (Å²) < 4.78 is 13.2. The van der Waals surface area contributed by atoms with Crippen LogP contribution in [0.15, 0.2) is 66.9 Å². The molecule has 0 bridgehead atoms. The van der Waals surface area contributed by atoms with Gasteiger partial charge in [-0.15, -0.1) is 0 Å². The molecular formula is C32H42ClN3O4. The maximum absolute atomic E-state index is 13.7. The predicted octanol–water partition coefficient (Wildman–Crippen LogP) is 6.28. The quantitative estimate of drug-likeness (QED) is 0.217. The molecule has 2 amide bonds. The fourth-order valence-corrected chi connectivity index (χ4v) is 4.45. The Hall–Kier alpha value is -3.45. The Morgan fingerprint density at radius 3 is 2.40 bits per heavy atom. The number of carbonyl (C=O) groups is 2. The summed E-state index contributed by atoms with van der Waals surface area (Å²) in [4.78, 5) is 30.5. The number of benzene rings is 2. The fourth-order valence-electron chi connectivity index (χ4n) is 4.33. The second kappa shape index (κ2) is 15.4. The van der Waals surface area contributed by atoms with Crippen molar-refractivity contribution < 1.29 is 19.1 Å². The largest absolute Gasteiger partial charge is 0.497 e. The number of hydrogen-bond donors (Lipinski definition) is 0. The van der Waals surface area contributed by atoms with Crippen molar-refractivity contribution in [1.82, 2.24) is 14.4 Å². The third-order valence-electron chi connectivity index (χ3n) is 7.02. The molecule has 0 saturated heterocycles. The van der Waals surface area contributed by atoms with E-state index in [1.807, 2.05) is 41.4 Å². The minimum absolute atomic E-state index is 0.0104. The van der Waals surface area contributed by atoms with Gasteiger partial charge in [0.25, 0.3) is 5.91 Å². The van der Waals surface area contributed by atoms with Gasteiger partial charge in [0.2, 0.25) is 5.91 Å². The fraction of sp³-hybridized carbons (Fsp3) is 0.438. The van der Waals surface area contributed by atoms with Crippen LogP contribution in [0.2, 0.25) is 5.02 Å². The van der Waals surface area contributed by atoms with Gasteiger partial charge in [-0.25, -0.2) is 0 Å². The summed E-state index contributed by atoms with van der Waals surface area (Å²) in [6, 6.07) is 18.9. The number of amides is 2. The number of methoxy groups -OCH3 is 1. The summed E-state index contributed by atoms with van der Waals surface area (Å²) in [5.41, 5.74) is 2.15. The number of nitrogens with zero attached hydrogens (tertiary/aromatic N) is 3. The second-order valence-electron chi connectivity index (χ2n) is 10.5. The molecule has 0 fully saturated rings. The van der Waals surface area contributed by atoms with Gasteiger partial charge >= 0.3 is 0 Å². The average Bonchev–Trinajstić information content (AvgIpc) is 3.39. The second-order valence-corrected chi connectivity index (χ2v) is 10.9. The van der Waals surface area contributed by atoms with Crippen LogP contribution in [0.1, 0.15) is 51.8 Å². The molecule has 0 saturated carbocycles. The molecular weight excluding hydrogens is 526 g/mol. The number of ether oxygens (including phenoxy) is 2. The molecule has 1 unspecified atom stereocenters. The highest BCUT2D eigenvalue weighted by atomic mass is 35.5. The van der Waals surface area contributed by atoms with Crippen LogP contribution in [0.5, 0.6) is 11.5 Å². The van der Waals surface area contributed by atoms with Crippen LogP contribution in [0.4, 0.5) is 0 Å². The van der Waals surface area contributed by atoms with E-state index >= 15 is 0 Å². The van der Waals surface area contributed by atoms with Crippen LogP contribution in [-0.2, 0) is 22.7 Å². The molecule has 0 N–H and O–H groups in total. The average molecular weight is 568 g/mol. The summed E-state index contributed by atoms with van der Waals surface area (Å²) in [6.45, 7) is 9.83. The topological polar surface area (TPSA) is 64.0 Å². The molecule has 0 radical (unpaired) electrons. The van der Waals surface area contributed by atoms with Crippen molar-refractivity contribution in [3.63, 3.8) is 0 Å². The SMILES string of the molecule is CCC(C)N(Cc1cccn1Cc1cccc(OC)c1)C(=O)CN(CCC(C)C)C(=O)COc1ccc(Cl)cc1. The van der Waals surface area contributed by atoms with E-state index < -0.39 is 0 Å². The summed E-state index contributed by atoms with van der Waals surface area (Å²) in [6.07, 6.45) is 3.63. The molecule has 40 heavy (non-hydrogen) atoms. The van der Waals surface area contributed by atoms with Gasteiger partial charge in [-0.05, 0) is 79.8 Å². The highest BCUT2D eigenvalue weighted by Crippen LogP contribution is 2.19. The summed E-state index contributed by atoms with van der Waals surface area (Å²) >= 11 is 5.95. The van der Waals surface area contributed by atoms with Gasteiger partial charge in [0, 0.05) is 36.0 Å². The van der Waals surface area contributed by atoms with Gasteiger partial charge in [-0.1, -0.05) is 44.5 Å². The lowest BCUT2D eigenvalue weighted by Gasteiger charge is -2.32. The van der Waals surface area contributed by atoms with Crippen molar-refractivity contribution in [2.75, 3.05) is 26.8 Å². The molecule has 1 heterocycles. The third kappa shape index (κ3) is 9.33. The molecule has 0 aliphatic heterocycles. The lowest BCUT2D eigenvalue weighted by atomic mass is 10.1. The van der Waals surface area contributed by atoms with Crippen molar-refractivity contribution in [3.8, 4) is 11.5 Å². The molecule has 0 spiro atoms. The van der Waals surface area contributed by atoms with Crippen LogP contribution in [-0.4, -0.2) is 59.0 Å². The molecule has 3 aromatic rings. The van der Waals surface area contributed by atoms with Crippen molar-refractivity contribution >= 4 is 23.4 Å². The number of hydrogen-bond acceptors (Lipinski definition) is 4. The Bertz CT molecular complexity index is 1220. The molecule has 0 aliphatic carbocycles. The summed E-state index contributed by atoms with van der Waals surface area (Å²) in [5.74, 6) is 1.48. The van der Waals surface area contributed by atoms with E-state index in [0.717, 1.165) is 29.8 Å². The van der Waals surface area contributed by atoms with E-state index in [-0.39, 0.29) is 31.0 Å². The molecule has 216 valence electrons. The van der Waals surface area contributed by atoms with Crippen molar-refractivity contribution in [2.24, 2.45) is 5.92 Å². The van der Waals surface area contributed by atoms with Crippen LogP contribution >= 0.6 is 11.6 Å². The highest BCUT2D eigenvalue weighted by Gasteiger charge is 2.25. The zero-order valence-electron chi connectivity index (χ0n) is 24.3. The van der Waals surface area contributed by atoms with E-state index in [9.17, 15) is 9.59 Å². The third-order valence-corrected chi connectivity index (χ3v) is 7.27. The summed E-state index contributed by atoms with van der Waals surface area (Å²) in [5, 5.41) is 0.600. The molecule has 2 aromatic carbocycles. The van der Waals surface area contributed by atoms with E-state index in [4.69, 9.17) is 21.1 Å². The monoisotopic (exact) mass is 567 g/mol. The smallest absolute Gasteiger partial charge is 0.260 e. The molecule has 1 aromatic heterocycles. The maximum atomic E-state index is 13.7. The van der Waals surface area contributed by atoms with Gasteiger partial charge in [-0.3, -0.25) is 9.59 Å². The van der Waals surface area contributed by atoms with E-state index in [0.29, 0.717) is 36.3 Å². The molecule has 7 nitrogen and oxygen atoms in total. The summed E-state index contributed by atoms with van der Waals surface area (Å²) in [7, 11) is 1.66. The van der Waals surface area contributed by atoms with Crippen molar-refractivity contribution in [2.45, 2.75) is 59.7 Å². The molecule has 3 rings (SSSR count). The van der Waals surface area contributed by atoms with Crippen LogP contribution in [0, 0.1) is 5.92 Å². The normalized spacial score (nSPS) is 11.8. The predicted molar refractivity (Wildman–Crippen MR) is 160 cm³/mol. The molecule has 0 aliphatic rings. The molecule has 8 heteroatoms. The van der Waals surface area contributed by atoms with E-state index in [1.165, 1.54) is 0 Å². The zero-order chi connectivity index (χ0) is 29.1.